The molecule has 2 saturated heterocycles. The second-order valence-electron chi connectivity index (χ2n) is 16.3. The summed E-state index contributed by atoms with van der Waals surface area (Å²) < 4.78 is 28.1. The van der Waals surface area contributed by atoms with E-state index in [1.54, 1.807) is 16.6 Å². The van der Waals surface area contributed by atoms with E-state index in [2.05, 4.69) is 54.0 Å². The van der Waals surface area contributed by atoms with Gasteiger partial charge in [-0.2, -0.15) is 10.1 Å². The minimum atomic E-state index is -0.627. The van der Waals surface area contributed by atoms with Gasteiger partial charge >= 0.3 is 0 Å². The zero-order valence-electron chi connectivity index (χ0n) is 33.3. The van der Waals surface area contributed by atoms with Gasteiger partial charge in [0.2, 0.25) is 11.8 Å². The fourth-order valence-corrected chi connectivity index (χ4v) is 7.44. The number of aromatic nitrogens is 6. The van der Waals surface area contributed by atoms with Gasteiger partial charge in [0, 0.05) is 60.4 Å². The Balaban J connectivity index is 0.820. The number of imide groups is 1. The number of benzene rings is 2. The summed E-state index contributed by atoms with van der Waals surface area (Å²) in [6.07, 6.45) is 9.73. The highest BCUT2D eigenvalue weighted by atomic mass is 19.1. The van der Waals surface area contributed by atoms with Crippen molar-refractivity contribution in [3.63, 3.8) is 0 Å². The maximum absolute atomic E-state index is 15.3. The van der Waals surface area contributed by atoms with Crippen molar-refractivity contribution in [2.45, 2.75) is 83.9 Å². The van der Waals surface area contributed by atoms with E-state index in [0.29, 0.717) is 52.7 Å². The van der Waals surface area contributed by atoms with Gasteiger partial charge in [0.15, 0.2) is 6.10 Å². The molecular weight excluding hydrogens is 754 g/mol. The molecule has 2 aliphatic heterocycles. The molecule has 0 spiro atoms. The predicted octanol–water partition coefficient (Wildman–Crippen LogP) is 6.24. The number of rotatable bonds is 12. The van der Waals surface area contributed by atoms with Crippen LogP contribution < -0.4 is 15.4 Å². The van der Waals surface area contributed by atoms with E-state index in [0.717, 1.165) is 62.1 Å². The van der Waals surface area contributed by atoms with E-state index < -0.39 is 23.2 Å². The number of hydrogen-bond donors (Lipinski definition) is 2. The number of likely N-dealkylation sites (tertiary alicyclic amines) is 1. The Kier molecular flexibility index (Phi) is 11.3. The first-order chi connectivity index (χ1) is 28.4. The van der Waals surface area contributed by atoms with Crippen molar-refractivity contribution < 1.29 is 28.0 Å². The van der Waals surface area contributed by atoms with E-state index in [-0.39, 0.29) is 24.2 Å². The number of carbonyl (C=O) groups excluding carboxylic acids is 3. The average molecular weight is 800 g/mol. The lowest BCUT2D eigenvalue weighted by Crippen LogP contribution is -2.46. The Morgan fingerprint density at radius 3 is 2.49 bits per heavy atom. The first kappa shape index (κ1) is 39.5. The molecule has 0 saturated carbocycles. The molecule has 59 heavy (non-hydrogen) atoms. The van der Waals surface area contributed by atoms with E-state index in [1.165, 1.54) is 18.0 Å². The molecular formula is C44H46FN9O5. The third kappa shape index (κ3) is 9.36. The second-order valence-corrected chi connectivity index (χ2v) is 16.3. The van der Waals surface area contributed by atoms with Gasteiger partial charge in [0.05, 0.1) is 16.9 Å². The summed E-state index contributed by atoms with van der Waals surface area (Å²) in [4.78, 5) is 51.9. The van der Waals surface area contributed by atoms with E-state index >= 15 is 4.39 Å². The Bertz CT molecular complexity index is 2470. The Hall–Kier alpha value is -6.35. The van der Waals surface area contributed by atoms with Gasteiger partial charge in [0.25, 0.3) is 17.6 Å². The Morgan fingerprint density at radius 2 is 1.78 bits per heavy atom. The van der Waals surface area contributed by atoms with Crippen molar-refractivity contribution in [2.75, 3.05) is 13.1 Å². The highest BCUT2D eigenvalue weighted by molar-refractivity contribution is 6.00. The van der Waals surface area contributed by atoms with Crippen LogP contribution in [0.25, 0.3) is 28.0 Å². The number of hydrogen-bond acceptors (Lipinski definition) is 11. The second kappa shape index (κ2) is 16.9. The van der Waals surface area contributed by atoms with Gasteiger partial charge in [-0.3, -0.25) is 29.6 Å². The normalized spacial score (nSPS) is 16.6. The largest absolute Gasteiger partial charge is 0.481 e. The molecule has 8 rings (SSSR count). The number of halogens is 1. The van der Waals surface area contributed by atoms with Crippen molar-refractivity contribution in [1.82, 2.24) is 45.3 Å². The van der Waals surface area contributed by atoms with Crippen molar-refractivity contribution >= 4 is 23.2 Å². The lowest BCUT2D eigenvalue weighted by Gasteiger charge is -2.32. The van der Waals surface area contributed by atoms with E-state index in [4.69, 9.17) is 14.2 Å². The number of fused-ring (bicyclic) bond motifs is 1. The first-order valence-electron chi connectivity index (χ1n) is 20.0. The molecule has 0 aliphatic carbocycles. The number of ether oxygens (including phenoxy) is 1. The van der Waals surface area contributed by atoms with Crippen LogP contribution in [0.1, 0.15) is 86.1 Å². The molecule has 6 heterocycles. The molecule has 4 aromatic heterocycles. The summed E-state index contributed by atoms with van der Waals surface area (Å²) in [6, 6.07) is 18.8. The monoisotopic (exact) mass is 799 g/mol. The van der Waals surface area contributed by atoms with Crippen molar-refractivity contribution in [2.24, 2.45) is 5.92 Å². The third-order valence-electron chi connectivity index (χ3n) is 10.9. The third-order valence-corrected chi connectivity index (χ3v) is 10.9. The van der Waals surface area contributed by atoms with Crippen LogP contribution in [0, 0.1) is 11.7 Å². The van der Waals surface area contributed by atoms with Crippen LogP contribution in [0.5, 0.6) is 5.75 Å². The zero-order valence-corrected chi connectivity index (χ0v) is 33.3. The van der Waals surface area contributed by atoms with Crippen molar-refractivity contribution in [1.29, 1.82) is 0 Å². The molecule has 3 amide bonds. The van der Waals surface area contributed by atoms with Crippen LogP contribution in [0.15, 0.2) is 83.9 Å². The quantitative estimate of drug-likeness (QED) is 0.135. The summed E-state index contributed by atoms with van der Waals surface area (Å²) in [7, 11) is 0. The molecule has 0 bridgehead atoms. The Labute approximate surface area is 340 Å². The van der Waals surface area contributed by atoms with Gasteiger partial charge in [-0.1, -0.05) is 56.3 Å². The first-order valence-corrected chi connectivity index (χ1v) is 20.0. The molecule has 1 unspecified atom stereocenters. The minimum Gasteiger partial charge on any atom is -0.481 e. The number of aryl methyl sites for hydroxylation is 1. The number of piperidine rings is 2. The maximum atomic E-state index is 15.3. The molecule has 2 fully saturated rings. The minimum absolute atomic E-state index is 0.0514. The van der Waals surface area contributed by atoms with Crippen LogP contribution in [-0.2, 0) is 34.5 Å². The molecule has 15 heteroatoms. The standard InChI is InChI=1S/C44H46FN9O5/c1-44(2,3)43-51-40(52-59-43)42(57)47-23-31-10-9-30(20-34(31)45)39-36-21-32(25-54(36)49-26-48-39)35-13-8-29(22-46-35)24-53-18-16-28(17-19-53)5-4-27-6-11-33(12-7-27)58-37-14-15-38(55)50-41(37)56/h6-13,20-22,25-26,28,37H,4-5,14-19,23-24H2,1-3H3,(H,47,57)(H,50,55,56). The van der Waals surface area contributed by atoms with Crippen LogP contribution in [0.4, 0.5) is 4.39 Å². The lowest BCUT2D eigenvalue weighted by atomic mass is 9.90. The molecule has 0 radical (unpaired) electrons. The van der Waals surface area contributed by atoms with Crippen molar-refractivity contribution in [3.05, 3.63) is 114 Å². The summed E-state index contributed by atoms with van der Waals surface area (Å²) in [5.74, 6) is -0.118. The van der Waals surface area contributed by atoms with Gasteiger partial charge in [-0.05, 0) is 86.1 Å². The van der Waals surface area contributed by atoms with Gasteiger partial charge < -0.3 is 14.6 Å². The van der Waals surface area contributed by atoms with Crippen LogP contribution >= 0.6 is 0 Å². The molecule has 2 N–H and O–H groups in total. The Morgan fingerprint density at radius 1 is 0.983 bits per heavy atom. The van der Waals surface area contributed by atoms with Crippen molar-refractivity contribution in [3.8, 4) is 28.3 Å². The summed E-state index contributed by atoms with van der Waals surface area (Å²) in [5.41, 5.74) is 5.81. The highest BCUT2D eigenvalue weighted by Gasteiger charge is 2.28. The number of pyridine rings is 1. The molecule has 304 valence electrons. The summed E-state index contributed by atoms with van der Waals surface area (Å²) in [5, 5.41) is 13.1. The highest BCUT2D eigenvalue weighted by Crippen LogP contribution is 2.30. The number of nitrogens with zero attached hydrogens (tertiary/aromatic N) is 7. The summed E-state index contributed by atoms with van der Waals surface area (Å²) in [6.45, 7) is 8.56. The van der Waals surface area contributed by atoms with E-state index in [9.17, 15) is 14.4 Å². The fraction of sp³-hybridized carbons (Fsp3) is 0.364. The molecule has 2 aliphatic rings. The number of amides is 3. The van der Waals surface area contributed by atoms with Gasteiger partial charge in [0.1, 0.15) is 17.9 Å². The van der Waals surface area contributed by atoms with E-state index in [1.807, 2.05) is 57.4 Å². The lowest BCUT2D eigenvalue weighted by molar-refractivity contribution is -0.138. The topological polar surface area (TPSA) is 170 Å². The smallest absolute Gasteiger partial charge is 0.292 e. The maximum Gasteiger partial charge on any atom is 0.292 e. The predicted molar refractivity (Wildman–Crippen MR) is 215 cm³/mol. The molecule has 14 nitrogen and oxygen atoms in total. The molecule has 1 atom stereocenters. The number of nitrogens with one attached hydrogen (secondary N) is 2. The van der Waals surface area contributed by atoms with Gasteiger partial charge in [-0.15, -0.1) is 0 Å². The van der Waals surface area contributed by atoms with Crippen LogP contribution in [0.3, 0.4) is 0 Å². The fourth-order valence-electron chi connectivity index (χ4n) is 7.44. The zero-order chi connectivity index (χ0) is 41.1. The SMILES string of the molecule is CC(C)(C)c1nc(C(=O)NCc2ccc(-c3ncnn4cc(-c5ccc(CN6CCC(CCc7ccc(OC8CCC(=O)NC8=O)cc7)CC6)cn5)cc34)cc2F)no1. The molecule has 6 aromatic rings. The number of carbonyl (C=O) groups is 3. The molecule has 2 aromatic carbocycles. The van der Waals surface area contributed by atoms with Crippen LogP contribution in [-0.4, -0.2) is 71.5 Å². The van der Waals surface area contributed by atoms with Crippen LogP contribution in [0.2, 0.25) is 0 Å². The van der Waals surface area contributed by atoms with Gasteiger partial charge in [-0.25, -0.2) is 13.9 Å². The summed E-state index contributed by atoms with van der Waals surface area (Å²) >= 11 is 0. The average Bonchev–Trinajstić information content (AvgIpc) is 3.91.